The zero-order valence-electron chi connectivity index (χ0n) is 13.5. The third kappa shape index (κ3) is 3.24. The third-order valence-corrected chi connectivity index (χ3v) is 6.30. The number of hydrogen-bond donors (Lipinski definition) is 0. The molecule has 0 spiro atoms. The van der Waals surface area contributed by atoms with Crippen molar-refractivity contribution in [3.63, 3.8) is 0 Å². The summed E-state index contributed by atoms with van der Waals surface area (Å²) in [6.45, 7) is 1.64. The predicted octanol–water partition coefficient (Wildman–Crippen LogP) is 1.80. The Labute approximate surface area is 145 Å². The van der Waals surface area contributed by atoms with Crippen LogP contribution in [0.4, 0.5) is 5.69 Å². The number of likely N-dealkylation sites (N-methyl/N-ethyl adjacent to an activating group) is 1. The van der Waals surface area contributed by atoms with E-state index in [0.717, 1.165) is 10.4 Å². The second-order valence-electron chi connectivity index (χ2n) is 5.81. The average molecular weight is 376 g/mol. The van der Waals surface area contributed by atoms with Crippen LogP contribution in [0.15, 0.2) is 17.0 Å². The normalized spacial score (nSPS) is 18.6. The molecule has 1 saturated heterocycles. The fourth-order valence-corrected chi connectivity index (χ4v) is 4.66. The lowest BCUT2D eigenvalue weighted by Gasteiger charge is -2.25. The molecule has 0 saturated carbocycles. The lowest BCUT2D eigenvalue weighted by Crippen LogP contribution is -2.45. The summed E-state index contributed by atoms with van der Waals surface area (Å²) in [7, 11) is -0.956. The Morgan fingerprint density at radius 1 is 1.42 bits per heavy atom. The van der Waals surface area contributed by atoms with E-state index in [1.165, 1.54) is 17.9 Å². The molecule has 0 aliphatic carbocycles. The summed E-state index contributed by atoms with van der Waals surface area (Å²) >= 11 is 5.96. The first-order valence-corrected chi connectivity index (χ1v) is 9.06. The van der Waals surface area contributed by atoms with Gasteiger partial charge in [0.05, 0.1) is 14.8 Å². The van der Waals surface area contributed by atoms with E-state index in [0.29, 0.717) is 12.8 Å². The Morgan fingerprint density at radius 2 is 2.04 bits per heavy atom. The second kappa shape index (κ2) is 6.66. The second-order valence-corrected chi connectivity index (χ2v) is 8.11. The molecule has 1 aliphatic rings. The SMILES string of the molecule is Cc1c(Cl)cc(S(=O)(=O)N2CCC[C@H]2C(=O)N(C)C)cc1[N+](=O)[O-]. The fraction of sp³-hybridized carbons (Fsp3) is 0.500. The van der Waals surface area contributed by atoms with Crippen molar-refractivity contribution in [2.45, 2.75) is 30.7 Å². The molecular weight excluding hydrogens is 358 g/mol. The van der Waals surface area contributed by atoms with Crippen LogP contribution in [-0.4, -0.2) is 55.1 Å². The van der Waals surface area contributed by atoms with E-state index < -0.39 is 21.0 Å². The molecule has 1 aromatic carbocycles. The number of nitrogens with zero attached hydrogens (tertiary/aromatic N) is 3. The van der Waals surface area contributed by atoms with Crippen LogP contribution in [0.1, 0.15) is 18.4 Å². The lowest BCUT2D eigenvalue weighted by molar-refractivity contribution is -0.385. The molecule has 1 aliphatic heterocycles. The molecule has 1 aromatic rings. The highest BCUT2D eigenvalue weighted by atomic mass is 35.5. The van der Waals surface area contributed by atoms with Crippen LogP contribution in [-0.2, 0) is 14.8 Å². The van der Waals surface area contributed by atoms with Gasteiger partial charge in [0.25, 0.3) is 5.69 Å². The van der Waals surface area contributed by atoms with Gasteiger partial charge in [-0.2, -0.15) is 4.31 Å². The zero-order chi connectivity index (χ0) is 18.2. The topological polar surface area (TPSA) is 101 Å². The Bertz CT molecular complexity index is 794. The third-order valence-electron chi connectivity index (χ3n) is 4.02. The van der Waals surface area contributed by atoms with Gasteiger partial charge >= 0.3 is 0 Å². The first-order chi connectivity index (χ1) is 11.1. The van der Waals surface area contributed by atoms with Gasteiger partial charge in [-0.15, -0.1) is 0 Å². The van der Waals surface area contributed by atoms with Crippen molar-refractivity contribution in [1.29, 1.82) is 0 Å². The van der Waals surface area contributed by atoms with E-state index in [2.05, 4.69) is 0 Å². The van der Waals surface area contributed by atoms with Gasteiger partial charge in [-0.1, -0.05) is 11.6 Å². The molecule has 24 heavy (non-hydrogen) atoms. The van der Waals surface area contributed by atoms with Gasteiger partial charge in [0.1, 0.15) is 6.04 Å². The molecule has 1 fully saturated rings. The maximum atomic E-state index is 12.9. The van der Waals surface area contributed by atoms with Crippen molar-refractivity contribution in [2.24, 2.45) is 0 Å². The molecule has 0 N–H and O–H groups in total. The van der Waals surface area contributed by atoms with E-state index in [1.807, 2.05) is 0 Å². The van der Waals surface area contributed by atoms with Crippen LogP contribution in [0.5, 0.6) is 0 Å². The molecule has 1 amide bonds. The molecule has 8 nitrogen and oxygen atoms in total. The standard InChI is InChI=1S/C14H18ClN3O5S/c1-9-11(15)7-10(8-13(9)18(20)21)24(22,23)17-6-4-5-12(17)14(19)16(2)3/h7-8,12H,4-6H2,1-3H3/t12-/m0/s1. The van der Waals surface area contributed by atoms with Crippen molar-refractivity contribution in [1.82, 2.24) is 9.21 Å². The van der Waals surface area contributed by atoms with Crippen molar-refractivity contribution in [3.8, 4) is 0 Å². The molecule has 0 unspecified atom stereocenters. The molecule has 10 heteroatoms. The zero-order valence-corrected chi connectivity index (χ0v) is 15.1. The van der Waals surface area contributed by atoms with Crippen molar-refractivity contribution in [2.75, 3.05) is 20.6 Å². The van der Waals surface area contributed by atoms with Crippen LogP contribution in [0.2, 0.25) is 5.02 Å². The Balaban J connectivity index is 2.51. The van der Waals surface area contributed by atoms with Crippen LogP contribution in [0.3, 0.4) is 0 Å². The van der Waals surface area contributed by atoms with Crippen molar-refractivity contribution in [3.05, 3.63) is 32.8 Å². The van der Waals surface area contributed by atoms with Crippen molar-refractivity contribution < 1.29 is 18.1 Å². The summed E-state index contributed by atoms with van der Waals surface area (Å²) < 4.78 is 26.9. The minimum atomic E-state index is -4.06. The number of hydrogen-bond acceptors (Lipinski definition) is 5. The van der Waals surface area contributed by atoms with E-state index in [4.69, 9.17) is 11.6 Å². The molecular formula is C14H18ClN3O5S. The number of amides is 1. The van der Waals surface area contributed by atoms with Gasteiger partial charge in [0.2, 0.25) is 15.9 Å². The summed E-state index contributed by atoms with van der Waals surface area (Å²) in [5.41, 5.74) is -0.168. The maximum Gasteiger partial charge on any atom is 0.275 e. The van der Waals surface area contributed by atoms with Crippen LogP contribution in [0, 0.1) is 17.0 Å². The summed E-state index contributed by atoms with van der Waals surface area (Å²) in [4.78, 5) is 23.7. The number of nitro groups is 1. The molecule has 0 aromatic heterocycles. The highest BCUT2D eigenvalue weighted by Gasteiger charge is 2.40. The number of carbonyl (C=O) groups is 1. The minimum Gasteiger partial charge on any atom is -0.347 e. The molecule has 0 bridgehead atoms. The Morgan fingerprint density at radius 3 is 2.58 bits per heavy atom. The number of carbonyl (C=O) groups excluding carboxylic acids is 1. The van der Waals surface area contributed by atoms with E-state index >= 15 is 0 Å². The van der Waals surface area contributed by atoms with E-state index in [9.17, 15) is 23.3 Å². The van der Waals surface area contributed by atoms with E-state index in [-0.39, 0.29) is 33.6 Å². The summed E-state index contributed by atoms with van der Waals surface area (Å²) in [6, 6.07) is 1.38. The Kier molecular flexibility index (Phi) is 5.17. The van der Waals surface area contributed by atoms with Gasteiger partial charge in [-0.3, -0.25) is 14.9 Å². The summed E-state index contributed by atoms with van der Waals surface area (Å²) in [5, 5.41) is 11.1. The highest BCUT2D eigenvalue weighted by molar-refractivity contribution is 7.89. The highest BCUT2D eigenvalue weighted by Crippen LogP contribution is 2.33. The quantitative estimate of drug-likeness (QED) is 0.590. The smallest absolute Gasteiger partial charge is 0.275 e. The summed E-state index contributed by atoms with van der Waals surface area (Å²) in [5.74, 6) is -0.316. The largest absolute Gasteiger partial charge is 0.347 e. The average Bonchev–Trinajstić information content (AvgIpc) is 2.98. The van der Waals surface area contributed by atoms with Crippen LogP contribution in [0.25, 0.3) is 0 Å². The first-order valence-electron chi connectivity index (χ1n) is 7.25. The van der Waals surface area contributed by atoms with Gasteiger partial charge in [-0.25, -0.2) is 8.42 Å². The number of rotatable bonds is 4. The monoisotopic (exact) mass is 375 g/mol. The fourth-order valence-electron chi connectivity index (χ4n) is 2.69. The molecule has 0 radical (unpaired) electrons. The number of sulfonamides is 1. The first kappa shape index (κ1) is 18.6. The minimum absolute atomic E-state index is 0.00235. The molecule has 1 heterocycles. The molecule has 2 rings (SSSR count). The van der Waals surface area contributed by atoms with Gasteiger partial charge in [0, 0.05) is 32.3 Å². The van der Waals surface area contributed by atoms with E-state index in [1.54, 1.807) is 14.1 Å². The van der Waals surface area contributed by atoms with Gasteiger partial charge in [-0.05, 0) is 25.8 Å². The Hall–Kier alpha value is -1.71. The predicted molar refractivity (Wildman–Crippen MR) is 88.5 cm³/mol. The number of halogens is 1. The number of nitro benzene ring substituents is 1. The molecule has 1 atom stereocenters. The van der Waals surface area contributed by atoms with Crippen LogP contribution < -0.4 is 0 Å². The lowest BCUT2D eigenvalue weighted by atomic mass is 10.2. The van der Waals surface area contributed by atoms with Gasteiger partial charge in [0.15, 0.2) is 0 Å². The number of benzene rings is 1. The van der Waals surface area contributed by atoms with Crippen molar-refractivity contribution >= 4 is 33.2 Å². The van der Waals surface area contributed by atoms with Gasteiger partial charge < -0.3 is 4.90 Å². The maximum absolute atomic E-state index is 12.9. The van der Waals surface area contributed by atoms with Crippen LogP contribution >= 0.6 is 11.6 Å². The summed E-state index contributed by atoms with van der Waals surface area (Å²) in [6.07, 6.45) is 0.961. The molecule has 132 valence electrons.